The molecule has 3 aromatic rings. The highest BCUT2D eigenvalue weighted by atomic mass is 35.5. The number of fused-ring (bicyclic) bond motifs is 3. The predicted octanol–water partition coefficient (Wildman–Crippen LogP) is 3.13. The first-order chi connectivity index (χ1) is 13.0. The first-order valence-electron chi connectivity index (χ1n) is 9.04. The Morgan fingerprint density at radius 3 is 2.74 bits per heavy atom. The lowest BCUT2D eigenvalue weighted by molar-refractivity contribution is -0.932. The first-order valence-corrected chi connectivity index (χ1v) is 9.42. The molecule has 0 aliphatic carbocycles. The number of ether oxygens (including phenoxy) is 1. The molecule has 1 aliphatic rings. The number of hydrogen-bond acceptors (Lipinski definition) is 3. The summed E-state index contributed by atoms with van der Waals surface area (Å²) in [6.45, 7) is 3.95. The van der Waals surface area contributed by atoms with Crippen molar-refractivity contribution in [2.75, 3.05) is 13.3 Å². The highest BCUT2D eigenvalue weighted by Crippen LogP contribution is 2.37. The van der Waals surface area contributed by atoms with E-state index in [2.05, 4.69) is 0 Å². The van der Waals surface area contributed by atoms with E-state index in [-0.39, 0.29) is 11.4 Å². The lowest BCUT2D eigenvalue weighted by atomic mass is 10.0. The van der Waals surface area contributed by atoms with E-state index in [9.17, 15) is 9.18 Å². The van der Waals surface area contributed by atoms with E-state index < -0.39 is 0 Å². The molecule has 140 valence electrons. The molecule has 4 nitrogen and oxygen atoms in total. The lowest BCUT2D eigenvalue weighted by Crippen LogP contribution is -3.12. The third kappa shape index (κ3) is 3.57. The van der Waals surface area contributed by atoms with Gasteiger partial charge >= 0.3 is 5.63 Å². The second kappa shape index (κ2) is 7.33. The first kappa shape index (κ1) is 18.0. The summed E-state index contributed by atoms with van der Waals surface area (Å²) in [4.78, 5) is 13.2. The number of quaternary nitrogens is 1. The average molecular weight is 389 g/mol. The zero-order valence-corrected chi connectivity index (χ0v) is 15.7. The molecule has 1 aliphatic heterocycles. The Labute approximate surface area is 161 Å². The van der Waals surface area contributed by atoms with Crippen molar-refractivity contribution in [3.05, 3.63) is 74.3 Å². The normalized spacial score (nSPS) is 16.2. The summed E-state index contributed by atoms with van der Waals surface area (Å²) in [6, 6.07) is 9.88. The molecule has 1 atom stereocenters. The zero-order valence-electron chi connectivity index (χ0n) is 15.0. The number of rotatable bonds is 4. The third-order valence-corrected chi connectivity index (χ3v) is 5.31. The van der Waals surface area contributed by atoms with E-state index in [1.165, 1.54) is 23.1 Å². The van der Waals surface area contributed by atoms with Gasteiger partial charge in [-0.1, -0.05) is 30.7 Å². The van der Waals surface area contributed by atoms with Crippen molar-refractivity contribution in [3.63, 3.8) is 0 Å². The van der Waals surface area contributed by atoms with Gasteiger partial charge in [0.05, 0.1) is 17.1 Å². The van der Waals surface area contributed by atoms with Gasteiger partial charge in [-0.15, -0.1) is 0 Å². The molecule has 0 radical (unpaired) electrons. The van der Waals surface area contributed by atoms with Crippen molar-refractivity contribution >= 4 is 22.6 Å². The summed E-state index contributed by atoms with van der Waals surface area (Å²) in [6.07, 6.45) is 1.52. The van der Waals surface area contributed by atoms with Crippen molar-refractivity contribution in [2.24, 2.45) is 0 Å². The van der Waals surface area contributed by atoms with Gasteiger partial charge in [-0.05, 0) is 35.7 Å². The molecule has 4 rings (SSSR count). The van der Waals surface area contributed by atoms with Gasteiger partial charge < -0.3 is 9.15 Å². The van der Waals surface area contributed by atoms with Crippen LogP contribution in [0.3, 0.4) is 0 Å². The van der Waals surface area contributed by atoms with Gasteiger partial charge in [-0.2, -0.15) is 0 Å². The summed E-state index contributed by atoms with van der Waals surface area (Å²) >= 11 is 6.44. The van der Waals surface area contributed by atoms with Crippen LogP contribution in [0.1, 0.15) is 23.6 Å². The van der Waals surface area contributed by atoms with Crippen LogP contribution in [0.2, 0.25) is 5.02 Å². The minimum Gasteiger partial charge on any atom is -0.443 e. The second-order valence-electron chi connectivity index (χ2n) is 6.83. The van der Waals surface area contributed by atoms with E-state index in [0.29, 0.717) is 29.6 Å². The fourth-order valence-electron chi connectivity index (χ4n) is 3.59. The maximum Gasteiger partial charge on any atom is 0.336 e. The topological polar surface area (TPSA) is 43.9 Å². The predicted molar refractivity (Wildman–Crippen MR) is 102 cm³/mol. The number of aryl methyl sites for hydroxylation is 1. The third-order valence-electron chi connectivity index (χ3n) is 5.03. The minimum absolute atomic E-state index is 0.232. The SMILES string of the molecule is CCc1cc(=O)oc2c3c(c(Cl)cc12)OC[NH+](CCc1ccc(F)cc1)C3. The molecule has 0 spiro atoms. The quantitative estimate of drug-likeness (QED) is 0.698. The van der Waals surface area contributed by atoms with Crippen LogP contribution < -0.4 is 15.3 Å². The van der Waals surface area contributed by atoms with E-state index >= 15 is 0 Å². The number of hydrogen-bond donors (Lipinski definition) is 1. The molecule has 1 unspecified atom stereocenters. The summed E-state index contributed by atoms with van der Waals surface area (Å²) in [5, 5.41) is 1.41. The second-order valence-corrected chi connectivity index (χ2v) is 7.24. The van der Waals surface area contributed by atoms with Crippen molar-refractivity contribution in [1.29, 1.82) is 0 Å². The van der Waals surface area contributed by atoms with Gasteiger partial charge in [0.1, 0.15) is 12.4 Å². The highest BCUT2D eigenvalue weighted by Gasteiger charge is 2.27. The number of benzene rings is 2. The standard InChI is InChI=1S/C21H19ClFNO3/c1-2-14-9-19(25)27-20-16(14)10-18(22)21-17(20)11-24(12-26-21)8-7-13-3-5-15(23)6-4-13/h3-6,9-10H,2,7-8,11-12H2,1H3/p+1. The van der Waals surface area contributed by atoms with Gasteiger partial charge in [0, 0.05) is 17.9 Å². The fourth-order valence-corrected chi connectivity index (χ4v) is 3.87. The van der Waals surface area contributed by atoms with Crippen LogP contribution >= 0.6 is 11.6 Å². The Morgan fingerprint density at radius 2 is 2.00 bits per heavy atom. The zero-order chi connectivity index (χ0) is 19.0. The van der Waals surface area contributed by atoms with Crippen molar-refractivity contribution in [3.8, 4) is 5.75 Å². The molecule has 0 fully saturated rings. The molecule has 0 amide bonds. The van der Waals surface area contributed by atoms with E-state index in [1.807, 2.05) is 13.0 Å². The van der Waals surface area contributed by atoms with Crippen LogP contribution in [0.4, 0.5) is 4.39 Å². The molecule has 6 heteroatoms. The van der Waals surface area contributed by atoms with E-state index in [1.54, 1.807) is 12.1 Å². The van der Waals surface area contributed by atoms with Gasteiger partial charge in [-0.3, -0.25) is 4.90 Å². The van der Waals surface area contributed by atoms with Crippen LogP contribution in [-0.4, -0.2) is 13.3 Å². The molecule has 27 heavy (non-hydrogen) atoms. The lowest BCUT2D eigenvalue weighted by Gasteiger charge is -2.27. The molecule has 2 aromatic carbocycles. The van der Waals surface area contributed by atoms with Gasteiger partial charge in [0.25, 0.3) is 0 Å². The molecule has 0 saturated carbocycles. The summed E-state index contributed by atoms with van der Waals surface area (Å²) in [5.74, 6) is 0.371. The molecule has 0 bridgehead atoms. The van der Waals surface area contributed by atoms with Crippen molar-refractivity contribution < 1.29 is 18.4 Å². The molecule has 2 heterocycles. The Balaban J connectivity index is 1.64. The molecule has 0 saturated heterocycles. The van der Waals surface area contributed by atoms with Gasteiger partial charge in [0.15, 0.2) is 11.3 Å². The number of nitrogens with one attached hydrogen (secondary N) is 1. The molecule has 1 aromatic heterocycles. The summed E-state index contributed by atoms with van der Waals surface area (Å²) in [5.41, 5.74) is 3.04. The Morgan fingerprint density at radius 1 is 1.22 bits per heavy atom. The van der Waals surface area contributed by atoms with Crippen LogP contribution in [0, 0.1) is 5.82 Å². The molecule has 1 N–H and O–H groups in total. The summed E-state index contributed by atoms with van der Waals surface area (Å²) in [7, 11) is 0. The van der Waals surface area contributed by atoms with Gasteiger partial charge in [-0.25, -0.2) is 9.18 Å². The molecular formula is C21H20ClFNO3+. The number of halogens is 2. The fraction of sp³-hybridized carbons (Fsp3) is 0.286. The Kier molecular flexibility index (Phi) is 4.89. The van der Waals surface area contributed by atoms with Crippen LogP contribution in [-0.2, 0) is 19.4 Å². The Bertz CT molecular complexity index is 1050. The van der Waals surface area contributed by atoms with E-state index in [0.717, 1.165) is 41.5 Å². The average Bonchev–Trinajstić information content (AvgIpc) is 2.67. The van der Waals surface area contributed by atoms with Gasteiger partial charge in [0.2, 0.25) is 6.73 Å². The van der Waals surface area contributed by atoms with E-state index in [4.69, 9.17) is 20.8 Å². The van der Waals surface area contributed by atoms with Crippen LogP contribution in [0.25, 0.3) is 11.0 Å². The van der Waals surface area contributed by atoms with Crippen LogP contribution in [0.15, 0.2) is 45.6 Å². The smallest absolute Gasteiger partial charge is 0.336 e. The highest BCUT2D eigenvalue weighted by molar-refractivity contribution is 6.33. The van der Waals surface area contributed by atoms with Crippen molar-refractivity contribution in [2.45, 2.75) is 26.3 Å². The van der Waals surface area contributed by atoms with Crippen LogP contribution in [0.5, 0.6) is 5.75 Å². The van der Waals surface area contributed by atoms with Crippen molar-refractivity contribution in [1.82, 2.24) is 0 Å². The Hall–Kier alpha value is -2.37. The summed E-state index contributed by atoms with van der Waals surface area (Å²) < 4.78 is 24.5. The minimum atomic E-state index is -0.359. The molecular weight excluding hydrogens is 369 g/mol. The monoisotopic (exact) mass is 388 g/mol. The largest absolute Gasteiger partial charge is 0.443 e. The maximum atomic E-state index is 13.1. The maximum absolute atomic E-state index is 13.1.